The number of amides is 1. The van der Waals surface area contributed by atoms with Crippen molar-refractivity contribution in [2.45, 2.75) is 26.2 Å². The lowest BCUT2D eigenvalue weighted by molar-refractivity contribution is -0.138. The van der Waals surface area contributed by atoms with E-state index in [2.05, 4.69) is 30.7 Å². The summed E-state index contributed by atoms with van der Waals surface area (Å²) in [6.45, 7) is 3.30. The topological polar surface area (TPSA) is 133 Å². The molecule has 0 radical (unpaired) electrons. The van der Waals surface area contributed by atoms with Gasteiger partial charge in [-0.3, -0.25) is 9.59 Å². The first-order chi connectivity index (χ1) is 16.3. The molecule has 3 aromatic rings. The number of anilines is 4. The summed E-state index contributed by atoms with van der Waals surface area (Å²) in [4.78, 5) is 29.9. The van der Waals surface area contributed by atoms with Crippen molar-refractivity contribution >= 4 is 35.1 Å². The highest BCUT2D eigenvalue weighted by atomic mass is 19.2. The van der Waals surface area contributed by atoms with Crippen molar-refractivity contribution in [3.05, 3.63) is 53.6 Å². The summed E-state index contributed by atoms with van der Waals surface area (Å²) in [5.41, 5.74) is 1.46. The highest BCUT2D eigenvalue weighted by Crippen LogP contribution is 2.27. The summed E-state index contributed by atoms with van der Waals surface area (Å²) in [7, 11) is 0. The Morgan fingerprint density at radius 1 is 1.15 bits per heavy atom. The van der Waals surface area contributed by atoms with Crippen molar-refractivity contribution < 1.29 is 27.9 Å². The SMILES string of the molecule is Cc1cc(NC(=O)c2nnc(Nc3ccc(F)c(F)c3)o2)cnc1N1CCC(CC(=O)O)CC1. The van der Waals surface area contributed by atoms with Crippen molar-refractivity contribution in [2.24, 2.45) is 5.92 Å². The van der Waals surface area contributed by atoms with E-state index < -0.39 is 23.5 Å². The molecule has 1 saturated heterocycles. The Balaban J connectivity index is 1.36. The van der Waals surface area contributed by atoms with E-state index in [0.717, 1.165) is 36.4 Å². The predicted molar refractivity (Wildman–Crippen MR) is 118 cm³/mol. The minimum Gasteiger partial charge on any atom is -0.481 e. The number of carbonyl (C=O) groups is 2. The van der Waals surface area contributed by atoms with Crippen LogP contribution in [0.15, 0.2) is 34.9 Å². The normalized spacial score (nSPS) is 14.1. The van der Waals surface area contributed by atoms with Crippen LogP contribution in [0.4, 0.5) is 32.0 Å². The van der Waals surface area contributed by atoms with Crippen LogP contribution in [0.1, 0.15) is 35.5 Å². The number of nitrogens with one attached hydrogen (secondary N) is 2. The number of hydrogen-bond acceptors (Lipinski definition) is 8. The van der Waals surface area contributed by atoms with E-state index in [1.807, 2.05) is 6.92 Å². The highest BCUT2D eigenvalue weighted by Gasteiger charge is 2.23. The fourth-order valence-electron chi connectivity index (χ4n) is 3.81. The lowest BCUT2D eigenvalue weighted by atomic mass is 9.93. The number of carboxylic acid groups (broad SMARTS) is 1. The van der Waals surface area contributed by atoms with Crippen LogP contribution in [0.3, 0.4) is 0 Å². The molecule has 3 heterocycles. The average Bonchev–Trinajstić information content (AvgIpc) is 3.25. The van der Waals surface area contributed by atoms with E-state index >= 15 is 0 Å². The van der Waals surface area contributed by atoms with Crippen LogP contribution in [0.25, 0.3) is 0 Å². The van der Waals surface area contributed by atoms with E-state index in [4.69, 9.17) is 9.52 Å². The Kier molecular flexibility index (Phi) is 6.66. The smallest absolute Gasteiger partial charge is 0.320 e. The number of nitrogens with zero attached hydrogens (tertiary/aromatic N) is 4. The molecule has 0 saturated carbocycles. The van der Waals surface area contributed by atoms with Crippen molar-refractivity contribution in [3.8, 4) is 0 Å². The Labute approximate surface area is 193 Å². The monoisotopic (exact) mass is 472 g/mol. The Morgan fingerprint density at radius 3 is 2.59 bits per heavy atom. The van der Waals surface area contributed by atoms with Crippen LogP contribution in [0.2, 0.25) is 0 Å². The molecule has 178 valence electrons. The summed E-state index contributed by atoms with van der Waals surface area (Å²) >= 11 is 0. The van der Waals surface area contributed by atoms with Gasteiger partial charge in [-0.25, -0.2) is 13.8 Å². The summed E-state index contributed by atoms with van der Waals surface area (Å²) in [5.74, 6) is -2.85. The van der Waals surface area contributed by atoms with E-state index in [9.17, 15) is 18.4 Å². The maximum atomic E-state index is 13.3. The van der Waals surface area contributed by atoms with Crippen LogP contribution in [0, 0.1) is 24.5 Å². The molecule has 1 amide bonds. The fourth-order valence-corrected chi connectivity index (χ4v) is 3.81. The van der Waals surface area contributed by atoms with Crippen molar-refractivity contribution in [1.82, 2.24) is 15.2 Å². The highest BCUT2D eigenvalue weighted by molar-refractivity contribution is 6.01. The number of benzene rings is 1. The molecule has 34 heavy (non-hydrogen) atoms. The molecule has 0 spiro atoms. The Hall–Kier alpha value is -4.09. The molecule has 12 heteroatoms. The van der Waals surface area contributed by atoms with Gasteiger partial charge in [-0.05, 0) is 49.4 Å². The van der Waals surface area contributed by atoms with Gasteiger partial charge in [0, 0.05) is 31.3 Å². The van der Waals surface area contributed by atoms with Gasteiger partial charge in [0.15, 0.2) is 11.6 Å². The van der Waals surface area contributed by atoms with Gasteiger partial charge in [-0.2, -0.15) is 0 Å². The minimum absolute atomic E-state index is 0.160. The van der Waals surface area contributed by atoms with Gasteiger partial charge in [0.25, 0.3) is 0 Å². The summed E-state index contributed by atoms with van der Waals surface area (Å²) in [5, 5.41) is 21.5. The number of rotatable bonds is 7. The average molecular weight is 472 g/mol. The number of carboxylic acids is 1. The largest absolute Gasteiger partial charge is 0.481 e. The van der Waals surface area contributed by atoms with Crippen LogP contribution in [-0.2, 0) is 4.79 Å². The van der Waals surface area contributed by atoms with Crippen LogP contribution in [-0.4, -0.2) is 45.3 Å². The zero-order chi connectivity index (χ0) is 24.2. The lowest BCUT2D eigenvalue weighted by Gasteiger charge is -2.33. The number of pyridine rings is 1. The molecule has 0 unspecified atom stereocenters. The van der Waals surface area contributed by atoms with E-state index in [0.29, 0.717) is 18.8 Å². The third-order valence-corrected chi connectivity index (χ3v) is 5.48. The quantitative estimate of drug-likeness (QED) is 0.470. The zero-order valence-corrected chi connectivity index (χ0v) is 18.2. The summed E-state index contributed by atoms with van der Waals surface area (Å²) in [6.07, 6.45) is 3.26. The van der Waals surface area contributed by atoms with Gasteiger partial charge in [-0.1, -0.05) is 5.10 Å². The van der Waals surface area contributed by atoms with Crippen molar-refractivity contribution in [2.75, 3.05) is 28.6 Å². The van der Waals surface area contributed by atoms with Crippen molar-refractivity contribution in [3.63, 3.8) is 0 Å². The molecular weight excluding hydrogens is 450 g/mol. The van der Waals surface area contributed by atoms with Crippen LogP contribution in [0.5, 0.6) is 0 Å². The Bertz CT molecular complexity index is 1210. The first-order valence-corrected chi connectivity index (χ1v) is 10.6. The first kappa shape index (κ1) is 23.1. The predicted octanol–water partition coefficient (Wildman–Crippen LogP) is 3.74. The zero-order valence-electron chi connectivity index (χ0n) is 18.2. The molecule has 2 aromatic heterocycles. The van der Waals surface area contributed by atoms with E-state index in [-0.39, 0.29) is 29.9 Å². The van der Waals surface area contributed by atoms with Gasteiger partial charge in [0.1, 0.15) is 5.82 Å². The first-order valence-electron chi connectivity index (χ1n) is 10.6. The van der Waals surface area contributed by atoms with Gasteiger partial charge < -0.3 is 25.1 Å². The van der Waals surface area contributed by atoms with Crippen molar-refractivity contribution in [1.29, 1.82) is 0 Å². The molecule has 1 aliphatic heterocycles. The van der Waals surface area contributed by atoms with E-state index in [1.54, 1.807) is 6.07 Å². The molecule has 0 bridgehead atoms. The second-order valence-electron chi connectivity index (χ2n) is 8.01. The molecule has 0 aliphatic carbocycles. The number of carbonyl (C=O) groups excluding carboxylic acids is 1. The van der Waals surface area contributed by atoms with E-state index in [1.165, 1.54) is 12.3 Å². The second-order valence-corrected chi connectivity index (χ2v) is 8.01. The molecular formula is C22H22F2N6O4. The summed E-state index contributed by atoms with van der Waals surface area (Å²) in [6, 6.07) is 4.75. The van der Waals surface area contributed by atoms with Gasteiger partial charge >= 0.3 is 23.8 Å². The number of hydrogen-bond donors (Lipinski definition) is 3. The third kappa shape index (κ3) is 5.45. The summed E-state index contributed by atoms with van der Waals surface area (Å²) < 4.78 is 31.6. The van der Waals surface area contributed by atoms with Gasteiger partial charge in [0.2, 0.25) is 0 Å². The number of piperidine rings is 1. The molecule has 3 N–H and O–H groups in total. The fraction of sp³-hybridized carbons (Fsp3) is 0.318. The van der Waals surface area contributed by atoms with Crippen LogP contribution < -0.4 is 15.5 Å². The number of aryl methyl sites for hydroxylation is 1. The standard InChI is InChI=1S/C22H22F2N6O4/c1-12-8-15(11-25-19(12)30-6-4-13(5-7-30)9-18(31)32)26-20(33)21-28-29-22(34-21)27-14-2-3-16(23)17(24)10-14/h2-3,8,10-11,13H,4-7,9H2,1H3,(H,26,33)(H,27,29)(H,31,32). The number of halogens is 2. The maximum absolute atomic E-state index is 13.3. The molecule has 4 rings (SSSR count). The number of aliphatic carboxylic acids is 1. The number of aromatic nitrogens is 3. The molecule has 1 fully saturated rings. The maximum Gasteiger partial charge on any atom is 0.320 e. The van der Waals surface area contributed by atoms with Gasteiger partial charge in [0.05, 0.1) is 11.9 Å². The third-order valence-electron chi connectivity index (χ3n) is 5.48. The molecule has 0 atom stereocenters. The Morgan fingerprint density at radius 2 is 1.91 bits per heavy atom. The van der Waals surface area contributed by atoms with Gasteiger partial charge in [-0.15, -0.1) is 5.10 Å². The lowest BCUT2D eigenvalue weighted by Crippen LogP contribution is -2.35. The second kappa shape index (κ2) is 9.81. The van der Waals surface area contributed by atoms with Crippen LogP contribution >= 0.6 is 0 Å². The minimum atomic E-state index is -1.04. The molecule has 1 aliphatic rings. The molecule has 1 aromatic carbocycles. The molecule has 10 nitrogen and oxygen atoms in total.